The minimum atomic E-state index is -0.288. The van der Waals surface area contributed by atoms with E-state index >= 15 is 0 Å². The van der Waals surface area contributed by atoms with Crippen LogP contribution in [0.3, 0.4) is 0 Å². The summed E-state index contributed by atoms with van der Waals surface area (Å²) in [6, 6.07) is 6.08. The average molecular weight is 358 g/mol. The van der Waals surface area contributed by atoms with Crippen molar-refractivity contribution in [2.75, 3.05) is 26.2 Å². The van der Waals surface area contributed by atoms with Gasteiger partial charge in [-0.2, -0.15) is 0 Å². The smallest absolute Gasteiger partial charge is 0.227 e. The highest BCUT2D eigenvalue weighted by Gasteiger charge is 2.40. The van der Waals surface area contributed by atoms with Gasteiger partial charge in [-0.25, -0.2) is 4.39 Å². The molecule has 26 heavy (non-hydrogen) atoms. The summed E-state index contributed by atoms with van der Waals surface area (Å²) in [7, 11) is 0. The maximum atomic E-state index is 13.0. The van der Waals surface area contributed by atoms with Crippen molar-refractivity contribution >= 4 is 11.8 Å². The monoisotopic (exact) mass is 358 g/mol. The third kappa shape index (κ3) is 3.76. The number of hydrogen-bond donors (Lipinski definition) is 0. The fourth-order valence-corrected chi connectivity index (χ4v) is 5.07. The molecule has 0 N–H and O–H groups in total. The highest BCUT2D eigenvalue weighted by atomic mass is 19.1. The van der Waals surface area contributed by atoms with Crippen LogP contribution in [-0.2, 0) is 16.0 Å². The molecule has 3 atom stereocenters. The summed E-state index contributed by atoms with van der Waals surface area (Å²) in [6.07, 6.45) is 6.25. The molecule has 1 aromatic rings. The van der Waals surface area contributed by atoms with E-state index in [1.807, 2.05) is 9.80 Å². The third-order valence-electron chi connectivity index (χ3n) is 6.58. The molecular weight excluding hydrogens is 331 g/mol. The number of rotatable bonds is 4. The summed E-state index contributed by atoms with van der Waals surface area (Å²) >= 11 is 0. The Balaban J connectivity index is 1.23. The average Bonchev–Trinajstić information content (AvgIpc) is 3.27. The van der Waals surface area contributed by atoms with Crippen LogP contribution < -0.4 is 0 Å². The van der Waals surface area contributed by atoms with Crippen LogP contribution in [0.5, 0.6) is 0 Å². The number of carbonyl (C=O) groups is 2. The number of amides is 2. The zero-order chi connectivity index (χ0) is 18.1. The molecule has 2 aliphatic carbocycles. The van der Waals surface area contributed by atoms with Crippen molar-refractivity contribution in [3.63, 3.8) is 0 Å². The highest BCUT2D eigenvalue weighted by Crippen LogP contribution is 2.49. The van der Waals surface area contributed by atoms with Crippen molar-refractivity contribution < 1.29 is 14.0 Å². The first-order valence-corrected chi connectivity index (χ1v) is 9.88. The zero-order valence-corrected chi connectivity index (χ0v) is 15.2. The molecule has 140 valence electrons. The maximum absolute atomic E-state index is 13.0. The lowest BCUT2D eigenvalue weighted by molar-refractivity contribution is -0.140. The molecule has 1 aromatic carbocycles. The first kappa shape index (κ1) is 17.5. The van der Waals surface area contributed by atoms with Crippen molar-refractivity contribution in [1.29, 1.82) is 0 Å². The van der Waals surface area contributed by atoms with Crippen LogP contribution in [0.25, 0.3) is 0 Å². The molecular formula is C21H27FN2O2. The van der Waals surface area contributed by atoms with Crippen LogP contribution in [-0.4, -0.2) is 47.8 Å². The van der Waals surface area contributed by atoms with Gasteiger partial charge < -0.3 is 9.80 Å². The van der Waals surface area contributed by atoms with Gasteiger partial charge >= 0.3 is 0 Å². The molecule has 0 aromatic heterocycles. The Morgan fingerprint density at radius 2 is 1.58 bits per heavy atom. The summed E-state index contributed by atoms with van der Waals surface area (Å²) in [6.45, 7) is 2.47. The van der Waals surface area contributed by atoms with Crippen molar-refractivity contribution in [2.24, 2.45) is 17.8 Å². The highest BCUT2D eigenvalue weighted by molar-refractivity contribution is 5.80. The molecule has 2 amide bonds. The van der Waals surface area contributed by atoms with Crippen molar-refractivity contribution in [2.45, 2.75) is 38.5 Å². The standard InChI is InChI=1S/C21H27FN2O2/c22-19-5-2-15(3-6-19)13-20(25)23-7-9-24(10-8-23)21(26)14-18-12-16-1-4-17(18)11-16/h2-3,5-6,16-18H,1,4,7-14H2. The summed E-state index contributed by atoms with van der Waals surface area (Å²) in [4.78, 5) is 28.8. The van der Waals surface area contributed by atoms with Gasteiger partial charge in [-0.1, -0.05) is 18.6 Å². The second-order valence-electron chi connectivity index (χ2n) is 8.20. The summed E-state index contributed by atoms with van der Waals surface area (Å²) in [5.74, 6) is 2.29. The van der Waals surface area contributed by atoms with Crippen LogP contribution >= 0.6 is 0 Å². The molecule has 3 fully saturated rings. The molecule has 1 saturated heterocycles. The summed E-state index contributed by atoms with van der Waals surface area (Å²) < 4.78 is 13.0. The Bertz CT molecular complexity index is 667. The van der Waals surface area contributed by atoms with E-state index in [0.29, 0.717) is 44.9 Å². The van der Waals surface area contributed by atoms with Crippen LogP contribution in [0.2, 0.25) is 0 Å². The number of fused-ring (bicyclic) bond motifs is 2. The number of benzene rings is 1. The molecule has 5 heteroatoms. The summed E-state index contributed by atoms with van der Waals surface area (Å²) in [5, 5.41) is 0. The van der Waals surface area contributed by atoms with E-state index in [1.165, 1.54) is 37.8 Å². The number of nitrogens with zero attached hydrogens (tertiary/aromatic N) is 2. The normalized spacial score (nSPS) is 27.8. The number of halogens is 1. The largest absolute Gasteiger partial charge is 0.339 e. The number of hydrogen-bond acceptors (Lipinski definition) is 2. The van der Waals surface area contributed by atoms with Gasteiger partial charge in [-0.3, -0.25) is 9.59 Å². The number of piperazine rings is 1. The lowest BCUT2D eigenvalue weighted by Gasteiger charge is -2.36. The van der Waals surface area contributed by atoms with E-state index in [4.69, 9.17) is 0 Å². The van der Waals surface area contributed by atoms with E-state index < -0.39 is 0 Å². The fourth-order valence-electron chi connectivity index (χ4n) is 5.07. The van der Waals surface area contributed by atoms with Gasteiger partial charge in [0.05, 0.1) is 6.42 Å². The SMILES string of the molecule is O=C(Cc1ccc(F)cc1)N1CCN(C(=O)CC2CC3CCC2C3)CC1. The van der Waals surface area contributed by atoms with Crippen LogP contribution in [0, 0.1) is 23.6 Å². The molecule has 0 spiro atoms. The van der Waals surface area contributed by atoms with Gasteiger partial charge in [0.15, 0.2) is 0 Å². The van der Waals surface area contributed by atoms with Crippen LogP contribution in [0.15, 0.2) is 24.3 Å². The Labute approximate surface area is 154 Å². The minimum Gasteiger partial charge on any atom is -0.339 e. The maximum Gasteiger partial charge on any atom is 0.227 e. The van der Waals surface area contributed by atoms with Crippen molar-refractivity contribution in [3.05, 3.63) is 35.6 Å². The Hall–Kier alpha value is -1.91. The minimum absolute atomic E-state index is 0.0526. The zero-order valence-electron chi connectivity index (χ0n) is 15.2. The Morgan fingerprint density at radius 3 is 2.15 bits per heavy atom. The Morgan fingerprint density at radius 1 is 0.923 bits per heavy atom. The molecule has 4 nitrogen and oxygen atoms in total. The second-order valence-corrected chi connectivity index (χ2v) is 8.20. The quantitative estimate of drug-likeness (QED) is 0.830. The van der Waals surface area contributed by atoms with E-state index in [-0.39, 0.29) is 17.6 Å². The number of carbonyl (C=O) groups excluding carboxylic acids is 2. The molecule has 1 aliphatic heterocycles. The molecule has 4 rings (SSSR count). The second kappa shape index (κ2) is 7.37. The van der Waals surface area contributed by atoms with Crippen molar-refractivity contribution in [3.8, 4) is 0 Å². The lowest BCUT2D eigenvalue weighted by Crippen LogP contribution is -2.51. The van der Waals surface area contributed by atoms with Gasteiger partial charge in [0.1, 0.15) is 5.82 Å². The van der Waals surface area contributed by atoms with Gasteiger partial charge in [0.2, 0.25) is 11.8 Å². The van der Waals surface area contributed by atoms with Gasteiger partial charge in [-0.15, -0.1) is 0 Å². The van der Waals surface area contributed by atoms with Crippen LogP contribution in [0.4, 0.5) is 4.39 Å². The molecule has 2 bridgehead atoms. The van der Waals surface area contributed by atoms with Gasteiger partial charge in [-0.05, 0) is 54.7 Å². The van der Waals surface area contributed by atoms with E-state index in [9.17, 15) is 14.0 Å². The molecule has 1 heterocycles. The van der Waals surface area contributed by atoms with E-state index in [2.05, 4.69) is 0 Å². The van der Waals surface area contributed by atoms with Crippen LogP contribution in [0.1, 0.15) is 37.7 Å². The molecule has 2 saturated carbocycles. The molecule has 3 aliphatic rings. The predicted molar refractivity (Wildman–Crippen MR) is 96.8 cm³/mol. The first-order valence-electron chi connectivity index (χ1n) is 9.88. The predicted octanol–water partition coefficient (Wildman–Crippen LogP) is 2.87. The topological polar surface area (TPSA) is 40.6 Å². The first-order chi connectivity index (χ1) is 12.6. The molecule has 3 unspecified atom stereocenters. The Kier molecular flexibility index (Phi) is 4.96. The summed E-state index contributed by atoms with van der Waals surface area (Å²) in [5.41, 5.74) is 0.825. The third-order valence-corrected chi connectivity index (χ3v) is 6.58. The van der Waals surface area contributed by atoms with Crippen molar-refractivity contribution in [1.82, 2.24) is 9.80 Å². The van der Waals surface area contributed by atoms with E-state index in [0.717, 1.165) is 17.4 Å². The van der Waals surface area contributed by atoms with Gasteiger partial charge in [0, 0.05) is 32.6 Å². The lowest BCUT2D eigenvalue weighted by atomic mass is 9.86. The fraction of sp³-hybridized carbons (Fsp3) is 0.619. The van der Waals surface area contributed by atoms with E-state index in [1.54, 1.807) is 12.1 Å². The molecule has 0 radical (unpaired) electrons. The van der Waals surface area contributed by atoms with Gasteiger partial charge in [0.25, 0.3) is 0 Å².